The van der Waals surface area contributed by atoms with Crippen LogP contribution in [0.3, 0.4) is 0 Å². The molecule has 1 saturated heterocycles. The van der Waals surface area contributed by atoms with Gasteiger partial charge in [-0.3, -0.25) is 4.79 Å². The first-order valence-corrected chi connectivity index (χ1v) is 8.34. The summed E-state index contributed by atoms with van der Waals surface area (Å²) < 4.78 is 5.23. The maximum absolute atomic E-state index is 11.9. The van der Waals surface area contributed by atoms with Gasteiger partial charge in [0.15, 0.2) is 0 Å². The molecule has 0 spiro atoms. The van der Waals surface area contributed by atoms with Gasteiger partial charge in [0.05, 0.1) is 0 Å². The SMILES string of the molecule is CC(C)(C)OC(=O)NC1CC(NCCC(=O)N2CCCC2)C1. The van der Waals surface area contributed by atoms with Crippen molar-refractivity contribution >= 4 is 12.0 Å². The summed E-state index contributed by atoms with van der Waals surface area (Å²) in [4.78, 5) is 25.5. The molecule has 1 heterocycles. The zero-order valence-electron chi connectivity index (χ0n) is 14.0. The second-order valence-corrected chi connectivity index (χ2v) is 7.30. The molecule has 0 bridgehead atoms. The van der Waals surface area contributed by atoms with Crippen LogP contribution in [-0.4, -0.2) is 54.2 Å². The van der Waals surface area contributed by atoms with Gasteiger partial charge in [-0.15, -0.1) is 0 Å². The Labute approximate surface area is 132 Å². The maximum Gasteiger partial charge on any atom is 0.407 e. The van der Waals surface area contributed by atoms with E-state index in [4.69, 9.17) is 4.74 Å². The van der Waals surface area contributed by atoms with Crippen molar-refractivity contribution < 1.29 is 14.3 Å². The monoisotopic (exact) mass is 311 g/mol. The third kappa shape index (κ3) is 5.48. The van der Waals surface area contributed by atoms with Crippen LogP contribution in [0.25, 0.3) is 0 Å². The average Bonchev–Trinajstić information content (AvgIpc) is 2.86. The predicted molar refractivity (Wildman–Crippen MR) is 84.6 cm³/mol. The predicted octanol–water partition coefficient (Wildman–Crippen LogP) is 1.64. The summed E-state index contributed by atoms with van der Waals surface area (Å²) in [6.07, 6.45) is 4.30. The van der Waals surface area contributed by atoms with Gasteiger partial charge in [-0.1, -0.05) is 0 Å². The number of hydrogen-bond acceptors (Lipinski definition) is 4. The quantitative estimate of drug-likeness (QED) is 0.810. The molecule has 22 heavy (non-hydrogen) atoms. The number of ether oxygens (including phenoxy) is 1. The van der Waals surface area contributed by atoms with E-state index in [0.717, 1.165) is 45.3 Å². The number of nitrogens with one attached hydrogen (secondary N) is 2. The number of carbonyl (C=O) groups is 2. The first-order valence-electron chi connectivity index (χ1n) is 8.34. The van der Waals surface area contributed by atoms with Crippen LogP contribution in [0.4, 0.5) is 4.79 Å². The molecule has 1 saturated carbocycles. The summed E-state index contributed by atoms with van der Waals surface area (Å²) >= 11 is 0. The van der Waals surface area contributed by atoms with Crippen LogP contribution in [-0.2, 0) is 9.53 Å². The number of nitrogens with zero attached hydrogens (tertiary/aromatic N) is 1. The molecule has 0 radical (unpaired) electrons. The molecule has 2 fully saturated rings. The fourth-order valence-electron chi connectivity index (χ4n) is 2.88. The van der Waals surface area contributed by atoms with Crippen molar-refractivity contribution in [2.75, 3.05) is 19.6 Å². The van der Waals surface area contributed by atoms with E-state index in [1.54, 1.807) is 0 Å². The van der Waals surface area contributed by atoms with E-state index in [1.165, 1.54) is 0 Å². The Morgan fingerprint density at radius 1 is 1.14 bits per heavy atom. The molecule has 0 unspecified atom stereocenters. The summed E-state index contributed by atoms with van der Waals surface area (Å²) in [5.41, 5.74) is -0.457. The summed E-state index contributed by atoms with van der Waals surface area (Å²) in [6, 6.07) is 0.577. The fourth-order valence-corrected chi connectivity index (χ4v) is 2.88. The molecule has 2 rings (SSSR count). The van der Waals surface area contributed by atoms with E-state index in [2.05, 4.69) is 10.6 Å². The van der Waals surface area contributed by atoms with Crippen LogP contribution in [0.1, 0.15) is 52.9 Å². The molecule has 2 N–H and O–H groups in total. The molecule has 1 aliphatic heterocycles. The van der Waals surface area contributed by atoms with Crippen LogP contribution in [0, 0.1) is 0 Å². The Hall–Kier alpha value is -1.30. The maximum atomic E-state index is 11.9. The molecular weight excluding hydrogens is 282 g/mol. The zero-order valence-corrected chi connectivity index (χ0v) is 14.0. The summed E-state index contributed by atoms with van der Waals surface area (Å²) in [7, 11) is 0. The van der Waals surface area contributed by atoms with Crippen molar-refractivity contribution in [2.24, 2.45) is 0 Å². The topological polar surface area (TPSA) is 70.7 Å². The molecule has 2 aliphatic rings. The van der Waals surface area contributed by atoms with Crippen LogP contribution < -0.4 is 10.6 Å². The minimum absolute atomic E-state index is 0.182. The highest BCUT2D eigenvalue weighted by atomic mass is 16.6. The zero-order chi connectivity index (χ0) is 16.2. The fraction of sp³-hybridized carbons (Fsp3) is 0.875. The second kappa shape index (κ2) is 7.31. The normalized spacial score (nSPS) is 24.8. The Balaban J connectivity index is 1.52. The Morgan fingerprint density at radius 2 is 1.77 bits per heavy atom. The molecule has 126 valence electrons. The molecule has 0 atom stereocenters. The van der Waals surface area contributed by atoms with Crippen LogP contribution in [0.2, 0.25) is 0 Å². The van der Waals surface area contributed by atoms with Gasteiger partial charge in [0.2, 0.25) is 5.91 Å². The first-order chi connectivity index (χ1) is 10.3. The molecule has 1 aliphatic carbocycles. The van der Waals surface area contributed by atoms with Crippen molar-refractivity contribution in [3.05, 3.63) is 0 Å². The lowest BCUT2D eigenvalue weighted by Crippen LogP contribution is -2.53. The van der Waals surface area contributed by atoms with E-state index in [9.17, 15) is 9.59 Å². The standard InChI is InChI=1S/C16H29N3O3/c1-16(2,3)22-15(21)18-13-10-12(11-13)17-7-6-14(20)19-8-4-5-9-19/h12-13,17H,4-11H2,1-3H3,(H,18,21). The highest BCUT2D eigenvalue weighted by Crippen LogP contribution is 2.20. The van der Waals surface area contributed by atoms with Crippen LogP contribution in [0.15, 0.2) is 0 Å². The number of rotatable bonds is 5. The number of carbonyl (C=O) groups excluding carboxylic acids is 2. The van der Waals surface area contributed by atoms with E-state index < -0.39 is 5.60 Å². The van der Waals surface area contributed by atoms with Gasteiger partial charge in [0, 0.05) is 38.1 Å². The molecule has 0 aromatic rings. The first kappa shape index (κ1) is 17.1. The van der Waals surface area contributed by atoms with Gasteiger partial charge in [0.25, 0.3) is 0 Å². The Bertz CT molecular complexity index is 394. The van der Waals surface area contributed by atoms with Gasteiger partial charge < -0.3 is 20.3 Å². The molecule has 6 nitrogen and oxygen atoms in total. The van der Waals surface area contributed by atoms with E-state index in [-0.39, 0.29) is 18.0 Å². The summed E-state index contributed by atoms with van der Waals surface area (Å²) in [6.45, 7) is 8.13. The van der Waals surface area contributed by atoms with Gasteiger partial charge in [0.1, 0.15) is 5.60 Å². The number of alkyl carbamates (subject to hydrolysis) is 1. The largest absolute Gasteiger partial charge is 0.444 e. The molecular formula is C16H29N3O3. The smallest absolute Gasteiger partial charge is 0.407 e. The van der Waals surface area contributed by atoms with Crippen molar-refractivity contribution in [1.82, 2.24) is 15.5 Å². The van der Waals surface area contributed by atoms with E-state index >= 15 is 0 Å². The lowest BCUT2D eigenvalue weighted by Gasteiger charge is -2.36. The molecule has 0 aromatic heterocycles. The van der Waals surface area contributed by atoms with Crippen molar-refractivity contribution in [1.29, 1.82) is 0 Å². The Kier molecular flexibility index (Phi) is 5.67. The van der Waals surface area contributed by atoms with Gasteiger partial charge >= 0.3 is 6.09 Å². The number of amides is 2. The molecule has 6 heteroatoms. The minimum Gasteiger partial charge on any atom is -0.444 e. The average molecular weight is 311 g/mol. The van der Waals surface area contributed by atoms with Crippen molar-refractivity contribution in [3.63, 3.8) is 0 Å². The number of hydrogen-bond donors (Lipinski definition) is 2. The van der Waals surface area contributed by atoms with E-state index in [1.807, 2.05) is 25.7 Å². The van der Waals surface area contributed by atoms with Gasteiger partial charge in [-0.25, -0.2) is 4.79 Å². The van der Waals surface area contributed by atoms with Gasteiger partial charge in [-0.2, -0.15) is 0 Å². The lowest BCUT2D eigenvalue weighted by molar-refractivity contribution is -0.130. The van der Waals surface area contributed by atoms with Crippen molar-refractivity contribution in [3.8, 4) is 0 Å². The number of likely N-dealkylation sites (tertiary alicyclic amines) is 1. The lowest BCUT2D eigenvalue weighted by atomic mass is 9.87. The second-order valence-electron chi connectivity index (χ2n) is 7.30. The van der Waals surface area contributed by atoms with Crippen LogP contribution in [0.5, 0.6) is 0 Å². The van der Waals surface area contributed by atoms with E-state index in [0.29, 0.717) is 12.5 Å². The summed E-state index contributed by atoms with van der Waals surface area (Å²) in [5.74, 6) is 0.257. The minimum atomic E-state index is -0.457. The van der Waals surface area contributed by atoms with Crippen LogP contribution >= 0.6 is 0 Å². The van der Waals surface area contributed by atoms with Gasteiger partial charge in [-0.05, 0) is 46.5 Å². The Morgan fingerprint density at radius 3 is 2.36 bits per heavy atom. The third-order valence-electron chi connectivity index (χ3n) is 4.09. The highest BCUT2D eigenvalue weighted by molar-refractivity contribution is 5.76. The molecule has 2 amide bonds. The summed E-state index contributed by atoms with van der Waals surface area (Å²) in [5, 5.41) is 6.26. The molecule has 0 aromatic carbocycles. The van der Waals surface area contributed by atoms with Crippen molar-refractivity contribution in [2.45, 2.75) is 70.6 Å². The third-order valence-corrected chi connectivity index (χ3v) is 4.09. The highest BCUT2D eigenvalue weighted by Gasteiger charge is 2.31.